The van der Waals surface area contributed by atoms with Gasteiger partial charge in [0.15, 0.2) is 11.6 Å². The van der Waals surface area contributed by atoms with Crippen LogP contribution in [-0.4, -0.2) is 15.0 Å². The molecule has 0 aliphatic carbocycles. The van der Waals surface area contributed by atoms with Crippen molar-refractivity contribution in [3.8, 4) is 11.6 Å². The molecule has 7 heteroatoms. The van der Waals surface area contributed by atoms with Gasteiger partial charge in [-0.05, 0) is 59.0 Å². The summed E-state index contributed by atoms with van der Waals surface area (Å²) in [6.07, 6.45) is 3.14. The smallest absolute Gasteiger partial charge is 0.248 e. The highest BCUT2D eigenvalue weighted by molar-refractivity contribution is 14.1. The van der Waals surface area contributed by atoms with E-state index in [1.807, 2.05) is 54.6 Å². The third-order valence-electron chi connectivity index (χ3n) is 3.76. The Morgan fingerprint density at radius 3 is 2.58 bits per heavy atom. The van der Waals surface area contributed by atoms with Crippen LogP contribution in [-0.2, 0) is 0 Å². The fraction of sp³-hybridized carbons (Fsp3) is 0. The van der Waals surface area contributed by atoms with Crippen LogP contribution in [0.15, 0.2) is 67.1 Å². The van der Waals surface area contributed by atoms with E-state index in [9.17, 15) is 0 Å². The molecule has 0 saturated heterocycles. The number of pyridine rings is 1. The lowest BCUT2D eigenvalue weighted by atomic mass is 10.2. The summed E-state index contributed by atoms with van der Waals surface area (Å²) in [6.45, 7) is 0. The van der Waals surface area contributed by atoms with E-state index in [1.165, 1.54) is 6.33 Å². The largest absolute Gasteiger partial charge is 0.435 e. The lowest BCUT2D eigenvalue weighted by molar-refractivity contribution is 0.469. The van der Waals surface area contributed by atoms with Gasteiger partial charge in [0.05, 0.1) is 0 Å². The third-order valence-corrected chi connectivity index (χ3v) is 4.48. The third kappa shape index (κ3) is 3.38. The van der Waals surface area contributed by atoms with Gasteiger partial charge in [0, 0.05) is 20.8 Å². The number of nitrogens with zero attached hydrogens (tertiary/aromatic N) is 3. The average Bonchev–Trinajstić information content (AvgIpc) is 2.67. The number of anilines is 3. The predicted molar refractivity (Wildman–Crippen MR) is 111 cm³/mol. The van der Waals surface area contributed by atoms with E-state index in [0.29, 0.717) is 17.3 Å². The van der Waals surface area contributed by atoms with Gasteiger partial charge in [0.1, 0.15) is 17.5 Å². The van der Waals surface area contributed by atoms with E-state index >= 15 is 0 Å². The molecule has 2 heterocycles. The Labute approximate surface area is 163 Å². The number of hydrogen-bond donors (Lipinski definition) is 2. The van der Waals surface area contributed by atoms with Crippen molar-refractivity contribution in [2.45, 2.75) is 0 Å². The van der Waals surface area contributed by atoms with Crippen LogP contribution in [0.25, 0.3) is 10.9 Å². The Hall–Kier alpha value is -2.94. The predicted octanol–water partition coefficient (Wildman–Crippen LogP) is 4.75. The monoisotopic (exact) mass is 455 g/mol. The first kappa shape index (κ1) is 16.5. The molecule has 0 amide bonds. The highest BCUT2D eigenvalue weighted by Crippen LogP contribution is 2.33. The first-order valence-corrected chi connectivity index (χ1v) is 8.93. The molecule has 4 aromatic rings. The zero-order valence-corrected chi connectivity index (χ0v) is 15.7. The maximum atomic E-state index is 6.22. The number of aromatic nitrogens is 3. The normalized spacial score (nSPS) is 10.7. The van der Waals surface area contributed by atoms with Crippen LogP contribution >= 0.6 is 22.6 Å². The number of nitrogen functional groups attached to an aromatic ring is 1. The summed E-state index contributed by atoms with van der Waals surface area (Å²) in [6, 6.07) is 17.5. The van der Waals surface area contributed by atoms with Gasteiger partial charge < -0.3 is 15.8 Å². The van der Waals surface area contributed by atoms with E-state index in [-0.39, 0.29) is 5.88 Å². The Morgan fingerprint density at radius 2 is 1.73 bits per heavy atom. The molecule has 2 aromatic heterocycles. The summed E-state index contributed by atoms with van der Waals surface area (Å²) < 4.78 is 7.09. The molecule has 0 fully saturated rings. The summed E-state index contributed by atoms with van der Waals surface area (Å²) in [5.74, 6) is 1.37. The van der Waals surface area contributed by atoms with Crippen molar-refractivity contribution in [2.24, 2.45) is 0 Å². The second-order valence-corrected chi connectivity index (χ2v) is 6.75. The van der Waals surface area contributed by atoms with Gasteiger partial charge in [-0.15, -0.1) is 0 Å². The lowest BCUT2D eigenvalue weighted by Crippen LogP contribution is -2.03. The number of para-hydroxylation sites is 1. The summed E-state index contributed by atoms with van der Waals surface area (Å²) in [7, 11) is 0. The molecular weight excluding hydrogens is 441 g/mol. The number of benzene rings is 2. The molecule has 0 saturated carbocycles. The minimum Gasteiger partial charge on any atom is -0.435 e. The number of fused-ring (bicyclic) bond motifs is 1. The number of rotatable bonds is 4. The minimum atomic E-state index is 0.283. The van der Waals surface area contributed by atoms with Crippen molar-refractivity contribution in [3.63, 3.8) is 0 Å². The molecular formula is C19H14IN5O. The van der Waals surface area contributed by atoms with Gasteiger partial charge in [-0.2, -0.15) is 4.98 Å². The van der Waals surface area contributed by atoms with Crippen LogP contribution in [0.1, 0.15) is 0 Å². The van der Waals surface area contributed by atoms with Gasteiger partial charge in [-0.25, -0.2) is 4.98 Å². The highest BCUT2D eigenvalue weighted by atomic mass is 127. The Balaban J connectivity index is 1.66. The number of halogens is 1. The molecule has 26 heavy (non-hydrogen) atoms. The standard InChI is InChI=1S/C19H14IN5O/c20-13-6-8-14(9-7-13)25-18-16(21)19(24-11-23-18)26-15-5-1-3-12-4-2-10-22-17(12)15/h1-11H,21H2,(H,23,24,25). The Kier molecular flexibility index (Phi) is 4.53. The molecule has 0 atom stereocenters. The van der Waals surface area contributed by atoms with Crippen LogP contribution in [0.3, 0.4) is 0 Å². The second-order valence-electron chi connectivity index (χ2n) is 5.51. The molecule has 0 aliphatic rings. The van der Waals surface area contributed by atoms with Crippen LogP contribution < -0.4 is 15.8 Å². The first-order chi connectivity index (χ1) is 12.7. The molecule has 0 radical (unpaired) electrons. The maximum Gasteiger partial charge on any atom is 0.248 e. The van der Waals surface area contributed by atoms with E-state index in [4.69, 9.17) is 10.5 Å². The summed E-state index contributed by atoms with van der Waals surface area (Å²) in [5.41, 5.74) is 8.18. The molecule has 0 spiro atoms. The number of nitrogens with one attached hydrogen (secondary N) is 1. The van der Waals surface area contributed by atoms with Crippen LogP contribution in [0.5, 0.6) is 11.6 Å². The van der Waals surface area contributed by atoms with Gasteiger partial charge in [0.25, 0.3) is 0 Å². The number of nitrogens with two attached hydrogens (primary N) is 1. The maximum absolute atomic E-state index is 6.22. The van der Waals surface area contributed by atoms with Gasteiger partial charge in [-0.1, -0.05) is 18.2 Å². The molecule has 128 valence electrons. The summed E-state index contributed by atoms with van der Waals surface area (Å²) in [5, 5.41) is 4.17. The van der Waals surface area contributed by atoms with E-state index in [0.717, 1.165) is 20.2 Å². The van der Waals surface area contributed by atoms with Crippen molar-refractivity contribution >= 4 is 50.7 Å². The molecule has 0 aliphatic heterocycles. The van der Waals surface area contributed by atoms with Gasteiger partial charge in [-0.3, -0.25) is 4.98 Å². The van der Waals surface area contributed by atoms with Crippen LogP contribution in [0.4, 0.5) is 17.2 Å². The van der Waals surface area contributed by atoms with Crippen LogP contribution in [0, 0.1) is 3.57 Å². The minimum absolute atomic E-state index is 0.283. The molecule has 6 nitrogen and oxygen atoms in total. The number of ether oxygens (including phenoxy) is 1. The average molecular weight is 455 g/mol. The fourth-order valence-corrected chi connectivity index (χ4v) is 2.85. The number of hydrogen-bond acceptors (Lipinski definition) is 6. The topological polar surface area (TPSA) is 86.0 Å². The molecule has 0 bridgehead atoms. The van der Waals surface area contributed by atoms with Crippen molar-refractivity contribution in [1.82, 2.24) is 15.0 Å². The highest BCUT2D eigenvalue weighted by Gasteiger charge is 2.12. The fourth-order valence-electron chi connectivity index (χ4n) is 2.49. The van der Waals surface area contributed by atoms with Crippen molar-refractivity contribution in [1.29, 1.82) is 0 Å². The molecule has 2 aromatic carbocycles. The van der Waals surface area contributed by atoms with E-state index in [2.05, 4.69) is 42.9 Å². The molecule has 0 unspecified atom stereocenters. The van der Waals surface area contributed by atoms with Crippen LogP contribution in [0.2, 0.25) is 0 Å². The zero-order valence-electron chi connectivity index (χ0n) is 13.6. The summed E-state index contributed by atoms with van der Waals surface area (Å²) >= 11 is 2.25. The van der Waals surface area contributed by atoms with Crippen molar-refractivity contribution in [2.75, 3.05) is 11.1 Å². The SMILES string of the molecule is Nc1c(Nc2ccc(I)cc2)ncnc1Oc1cccc2cccnc12. The Bertz CT molecular complexity index is 1060. The second kappa shape index (κ2) is 7.12. The summed E-state index contributed by atoms with van der Waals surface area (Å²) in [4.78, 5) is 12.8. The molecule has 4 rings (SSSR count). The van der Waals surface area contributed by atoms with Gasteiger partial charge in [0.2, 0.25) is 5.88 Å². The Morgan fingerprint density at radius 1 is 0.923 bits per heavy atom. The molecule has 3 N–H and O–H groups in total. The van der Waals surface area contributed by atoms with E-state index in [1.54, 1.807) is 6.20 Å². The van der Waals surface area contributed by atoms with Crippen molar-refractivity contribution < 1.29 is 4.74 Å². The zero-order chi connectivity index (χ0) is 17.9. The lowest BCUT2D eigenvalue weighted by Gasteiger charge is -2.12. The van der Waals surface area contributed by atoms with Gasteiger partial charge >= 0.3 is 0 Å². The first-order valence-electron chi connectivity index (χ1n) is 7.85. The van der Waals surface area contributed by atoms with E-state index < -0.39 is 0 Å². The quantitative estimate of drug-likeness (QED) is 0.432. The van der Waals surface area contributed by atoms with Crippen molar-refractivity contribution in [3.05, 3.63) is 70.7 Å².